The lowest BCUT2D eigenvalue weighted by Crippen LogP contribution is -2.29. The highest BCUT2D eigenvalue weighted by molar-refractivity contribution is 9.13. The second-order valence-corrected chi connectivity index (χ2v) is 5.60. The molecule has 1 heterocycles. The third-order valence-corrected chi connectivity index (χ3v) is 4.56. The number of rotatable bonds is 3. The van der Waals surface area contributed by atoms with Gasteiger partial charge in [0, 0.05) is 6.04 Å². The summed E-state index contributed by atoms with van der Waals surface area (Å²) in [5, 5.41) is 2.92. The van der Waals surface area contributed by atoms with Gasteiger partial charge in [0.15, 0.2) is 4.73 Å². The summed E-state index contributed by atoms with van der Waals surface area (Å²) in [4.78, 5) is 15.7. The number of carbonyl (C=O) groups excluding carboxylic acids is 1. The second kappa shape index (κ2) is 4.55. The van der Waals surface area contributed by atoms with E-state index in [9.17, 15) is 4.79 Å². The van der Waals surface area contributed by atoms with Crippen molar-refractivity contribution in [3.63, 3.8) is 0 Å². The first-order chi connectivity index (χ1) is 7.08. The van der Waals surface area contributed by atoms with Crippen molar-refractivity contribution in [3.8, 4) is 0 Å². The van der Waals surface area contributed by atoms with Crippen molar-refractivity contribution in [2.24, 2.45) is 0 Å². The summed E-state index contributed by atoms with van der Waals surface area (Å²) in [7, 11) is 0. The number of hydrogen-bond donors (Lipinski definition) is 1. The Kier molecular flexibility index (Phi) is 3.52. The molecule has 0 aliphatic heterocycles. The maximum atomic E-state index is 11.6. The molecule has 1 N–H and O–H groups in total. The van der Waals surface area contributed by atoms with E-state index in [0.717, 1.165) is 17.4 Å². The minimum atomic E-state index is 0.0174. The van der Waals surface area contributed by atoms with Crippen LogP contribution in [0.2, 0.25) is 0 Å². The fourth-order valence-corrected chi connectivity index (χ4v) is 2.88. The van der Waals surface area contributed by atoms with E-state index >= 15 is 0 Å². The van der Waals surface area contributed by atoms with Crippen molar-refractivity contribution in [1.29, 1.82) is 0 Å². The van der Waals surface area contributed by atoms with Crippen LogP contribution in [0.15, 0.2) is 13.9 Å². The Labute approximate surface area is 112 Å². The molecule has 4 nitrogen and oxygen atoms in total. The molecule has 1 saturated carbocycles. The average molecular weight is 402 g/mol. The third kappa shape index (κ3) is 2.82. The Morgan fingerprint density at radius 1 is 1.47 bits per heavy atom. The number of nitrogens with one attached hydrogen (secondary N) is 1. The number of halogens is 3. The molecule has 0 aromatic carbocycles. The predicted molar refractivity (Wildman–Crippen MR) is 66.5 cm³/mol. The summed E-state index contributed by atoms with van der Waals surface area (Å²) in [6.07, 6.45) is 2.20. The first-order valence-electron chi connectivity index (χ1n) is 4.44. The first kappa shape index (κ1) is 11.6. The molecule has 7 heteroatoms. The van der Waals surface area contributed by atoms with Crippen LogP contribution in [-0.4, -0.2) is 21.5 Å². The molecule has 1 aromatic rings. The molecule has 15 heavy (non-hydrogen) atoms. The highest BCUT2D eigenvalue weighted by atomic mass is 79.9. The van der Waals surface area contributed by atoms with Crippen LogP contribution in [0.1, 0.15) is 12.8 Å². The van der Waals surface area contributed by atoms with Gasteiger partial charge in [-0.15, -0.1) is 0 Å². The molecule has 0 spiro atoms. The van der Waals surface area contributed by atoms with Crippen LogP contribution in [0.25, 0.3) is 0 Å². The van der Waals surface area contributed by atoms with E-state index in [1.165, 1.54) is 0 Å². The molecule has 1 aliphatic rings. The smallest absolute Gasteiger partial charge is 0.240 e. The SMILES string of the molecule is O=C(Cn1c(Br)nc(Br)c1Br)NC1CC1. The maximum absolute atomic E-state index is 11.6. The van der Waals surface area contributed by atoms with Gasteiger partial charge in [0.2, 0.25) is 5.91 Å². The van der Waals surface area contributed by atoms with Gasteiger partial charge in [-0.05, 0) is 60.6 Å². The number of amides is 1. The summed E-state index contributed by atoms with van der Waals surface area (Å²) in [6.45, 7) is 0.274. The second-order valence-electron chi connectivity index (χ2n) is 3.39. The topological polar surface area (TPSA) is 46.9 Å². The van der Waals surface area contributed by atoms with Crippen molar-refractivity contribution < 1.29 is 4.79 Å². The largest absolute Gasteiger partial charge is 0.352 e. The zero-order valence-electron chi connectivity index (χ0n) is 7.64. The molecule has 1 aromatic heterocycles. The highest BCUT2D eigenvalue weighted by Gasteiger charge is 2.24. The van der Waals surface area contributed by atoms with Crippen LogP contribution in [0.3, 0.4) is 0 Å². The predicted octanol–water partition coefficient (Wildman–Crippen LogP) is 2.45. The Morgan fingerprint density at radius 2 is 2.13 bits per heavy atom. The standard InChI is InChI=1S/C8H8Br3N3O/c9-6-7(10)14(8(11)13-6)3-5(15)12-4-1-2-4/h4H,1-3H2,(H,12,15). The number of carbonyl (C=O) groups is 1. The quantitative estimate of drug-likeness (QED) is 0.845. The van der Waals surface area contributed by atoms with E-state index in [0.29, 0.717) is 15.4 Å². The van der Waals surface area contributed by atoms with Gasteiger partial charge in [0.05, 0.1) is 0 Å². The van der Waals surface area contributed by atoms with E-state index < -0.39 is 0 Å². The Hall–Kier alpha value is 0.120. The fraction of sp³-hybridized carbons (Fsp3) is 0.500. The summed E-state index contributed by atoms with van der Waals surface area (Å²) in [5.74, 6) is 0.0174. The molecular weight excluding hydrogens is 394 g/mol. The summed E-state index contributed by atoms with van der Waals surface area (Å²) in [6, 6.07) is 0.391. The molecule has 82 valence electrons. The number of hydrogen-bond acceptors (Lipinski definition) is 2. The monoisotopic (exact) mass is 399 g/mol. The first-order valence-corrected chi connectivity index (χ1v) is 6.82. The maximum Gasteiger partial charge on any atom is 0.240 e. The number of imidazole rings is 1. The van der Waals surface area contributed by atoms with Gasteiger partial charge in [-0.2, -0.15) is 0 Å². The van der Waals surface area contributed by atoms with Crippen LogP contribution < -0.4 is 5.32 Å². The Morgan fingerprint density at radius 3 is 2.60 bits per heavy atom. The van der Waals surface area contributed by atoms with E-state index in [1.54, 1.807) is 4.57 Å². The van der Waals surface area contributed by atoms with Crippen molar-refractivity contribution in [2.75, 3.05) is 0 Å². The van der Waals surface area contributed by atoms with Crippen LogP contribution in [-0.2, 0) is 11.3 Å². The van der Waals surface area contributed by atoms with Crippen molar-refractivity contribution in [3.05, 3.63) is 13.9 Å². The van der Waals surface area contributed by atoms with Crippen LogP contribution in [0, 0.1) is 0 Å². The lowest BCUT2D eigenvalue weighted by molar-refractivity contribution is -0.121. The molecule has 0 saturated heterocycles. The highest BCUT2D eigenvalue weighted by Crippen LogP contribution is 2.26. The molecule has 0 atom stereocenters. The van der Waals surface area contributed by atoms with Crippen molar-refractivity contribution >= 4 is 53.7 Å². The van der Waals surface area contributed by atoms with Crippen molar-refractivity contribution in [1.82, 2.24) is 14.9 Å². The Bertz CT molecular complexity index is 400. The van der Waals surface area contributed by atoms with Gasteiger partial charge in [-0.3, -0.25) is 4.79 Å². The van der Waals surface area contributed by atoms with Gasteiger partial charge < -0.3 is 9.88 Å². The molecule has 1 aliphatic carbocycles. The zero-order chi connectivity index (χ0) is 11.0. The molecule has 2 rings (SSSR count). The third-order valence-electron chi connectivity index (χ3n) is 2.06. The summed E-state index contributed by atoms with van der Waals surface area (Å²) >= 11 is 9.92. The number of nitrogens with zero attached hydrogens (tertiary/aromatic N) is 2. The normalized spacial score (nSPS) is 15.4. The van der Waals surface area contributed by atoms with Crippen molar-refractivity contribution in [2.45, 2.75) is 25.4 Å². The molecular formula is C8H8Br3N3O. The minimum Gasteiger partial charge on any atom is -0.352 e. The minimum absolute atomic E-state index is 0.0174. The average Bonchev–Trinajstić information content (AvgIpc) is 2.92. The lowest BCUT2D eigenvalue weighted by atomic mass is 10.5. The molecule has 0 unspecified atom stereocenters. The summed E-state index contributed by atoms with van der Waals surface area (Å²) < 4.78 is 3.84. The van der Waals surface area contributed by atoms with E-state index in [2.05, 4.69) is 58.1 Å². The van der Waals surface area contributed by atoms with Crippen LogP contribution in [0.4, 0.5) is 0 Å². The van der Waals surface area contributed by atoms with E-state index in [4.69, 9.17) is 0 Å². The Balaban J connectivity index is 2.05. The zero-order valence-corrected chi connectivity index (χ0v) is 12.4. The molecule has 1 fully saturated rings. The van der Waals surface area contributed by atoms with Gasteiger partial charge in [-0.25, -0.2) is 4.98 Å². The lowest BCUT2D eigenvalue weighted by Gasteiger charge is -2.06. The van der Waals surface area contributed by atoms with Gasteiger partial charge in [0.25, 0.3) is 0 Å². The van der Waals surface area contributed by atoms with Crippen LogP contribution in [0.5, 0.6) is 0 Å². The van der Waals surface area contributed by atoms with Gasteiger partial charge in [0.1, 0.15) is 15.8 Å². The van der Waals surface area contributed by atoms with E-state index in [1.807, 2.05) is 0 Å². The molecule has 0 radical (unpaired) electrons. The van der Waals surface area contributed by atoms with Crippen LogP contribution >= 0.6 is 47.8 Å². The fourth-order valence-electron chi connectivity index (χ4n) is 1.16. The van der Waals surface area contributed by atoms with E-state index in [-0.39, 0.29) is 12.5 Å². The summed E-state index contributed by atoms with van der Waals surface area (Å²) in [5.41, 5.74) is 0. The number of aromatic nitrogens is 2. The molecule has 1 amide bonds. The van der Waals surface area contributed by atoms with Gasteiger partial charge >= 0.3 is 0 Å². The molecule has 0 bridgehead atoms. The van der Waals surface area contributed by atoms with Gasteiger partial charge in [-0.1, -0.05) is 0 Å².